The molecular formula is C7H16N2OS. The molecule has 0 amide bonds. The number of rotatable bonds is 6. The van der Waals surface area contributed by atoms with Crippen LogP contribution in [0.1, 0.15) is 13.3 Å². The predicted molar refractivity (Wildman–Crippen MR) is 50.8 cm³/mol. The summed E-state index contributed by atoms with van der Waals surface area (Å²) in [6, 6.07) is 0. The van der Waals surface area contributed by atoms with Gasteiger partial charge < -0.3 is 15.8 Å². The number of nitrogens with one attached hydrogen (secondary N) is 1. The Kier molecular flexibility index (Phi) is 7.78. The lowest BCUT2D eigenvalue weighted by Crippen LogP contribution is -2.23. The average molecular weight is 176 g/mol. The van der Waals surface area contributed by atoms with E-state index in [1.807, 2.05) is 0 Å². The maximum absolute atomic E-state index is 5.30. The van der Waals surface area contributed by atoms with Gasteiger partial charge in [0.2, 0.25) is 0 Å². The van der Waals surface area contributed by atoms with Crippen molar-refractivity contribution >= 4 is 17.3 Å². The Bertz CT molecular complexity index is 109. The SMILES string of the molecule is CC(=S)OCCNCCCN. The van der Waals surface area contributed by atoms with Crippen molar-refractivity contribution in [3.63, 3.8) is 0 Å². The lowest BCUT2D eigenvalue weighted by atomic mass is 10.4. The standard InChI is InChI=1S/C7H16N2OS/c1-7(11)10-6-5-9-4-2-3-8/h9H,2-6,8H2,1H3. The number of ether oxygens (including phenoxy) is 1. The molecule has 0 unspecified atom stereocenters. The molecule has 0 aliphatic heterocycles. The fourth-order valence-corrected chi connectivity index (χ4v) is 0.702. The van der Waals surface area contributed by atoms with E-state index < -0.39 is 0 Å². The van der Waals surface area contributed by atoms with Crippen LogP contribution >= 0.6 is 12.2 Å². The Morgan fingerprint density at radius 1 is 1.55 bits per heavy atom. The molecule has 0 aromatic carbocycles. The minimum absolute atomic E-state index is 0.602. The predicted octanol–water partition coefficient (Wildman–Crippen LogP) is 0.289. The van der Waals surface area contributed by atoms with Crippen LogP contribution in [0.2, 0.25) is 0 Å². The van der Waals surface area contributed by atoms with Gasteiger partial charge in [-0.1, -0.05) is 0 Å². The van der Waals surface area contributed by atoms with Gasteiger partial charge in [-0.15, -0.1) is 0 Å². The van der Waals surface area contributed by atoms with Gasteiger partial charge in [0, 0.05) is 13.5 Å². The van der Waals surface area contributed by atoms with E-state index in [2.05, 4.69) is 5.32 Å². The van der Waals surface area contributed by atoms with Crippen molar-refractivity contribution in [2.75, 3.05) is 26.2 Å². The molecule has 0 spiro atoms. The third-order valence-electron chi connectivity index (χ3n) is 1.14. The molecule has 0 radical (unpaired) electrons. The summed E-state index contributed by atoms with van der Waals surface area (Å²) in [5.74, 6) is 0. The van der Waals surface area contributed by atoms with Crippen molar-refractivity contribution in [2.24, 2.45) is 5.73 Å². The minimum Gasteiger partial charge on any atom is -0.486 e. The second-order valence-electron chi connectivity index (χ2n) is 2.23. The molecule has 66 valence electrons. The van der Waals surface area contributed by atoms with E-state index in [1.54, 1.807) is 6.92 Å². The summed E-state index contributed by atoms with van der Waals surface area (Å²) in [4.78, 5) is 0. The van der Waals surface area contributed by atoms with E-state index in [-0.39, 0.29) is 0 Å². The molecule has 0 bridgehead atoms. The van der Waals surface area contributed by atoms with E-state index in [0.29, 0.717) is 11.7 Å². The van der Waals surface area contributed by atoms with Gasteiger partial charge in [-0.25, -0.2) is 0 Å². The molecule has 0 saturated heterocycles. The first kappa shape index (κ1) is 10.8. The molecule has 0 fully saturated rings. The van der Waals surface area contributed by atoms with Crippen LogP contribution < -0.4 is 11.1 Å². The van der Waals surface area contributed by atoms with Gasteiger partial charge >= 0.3 is 0 Å². The summed E-state index contributed by atoms with van der Waals surface area (Å²) in [6.45, 7) is 4.96. The van der Waals surface area contributed by atoms with Crippen molar-refractivity contribution in [3.05, 3.63) is 0 Å². The smallest absolute Gasteiger partial charge is 0.156 e. The van der Waals surface area contributed by atoms with Gasteiger partial charge in [0.05, 0.1) is 0 Å². The summed E-state index contributed by atoms with van der Waals surface area (Å²) in [6.07, 6.45) is 1.01. The highest BCUT2D eigenvalue weighted by Crippen LogP contribution is 1.78. The number of thiocarbonyl (C=S) groups is 1. The molecular weight excluding hydrogens is 160 g/mol. The van der Waals surface area contributed by atoms with Crippen LogP contribution in [0.5, 0.6) is 0 Å². The molecule has 4 heteroatoms. The van der Waals surface area contributed by atoms with E-state index in [0.717, 1.165) is 26.1 Å². The Hall–Kier alpha value is -0.190. The highest BCUT2D eigenvalue weighted by atomic mass is 32.1. The van der Waals surface area contributed by atoms with E-state index in [4.69, 9.17) is 22.7 Å². The van der Waals surface area contributed by atoms with Gasteiger partial charge in [0.15, 0.2) is 5.05 Å². The second-order valence-corrected chi connectivity index (χ2v) is 2.81. The van der Waals surface area contributed by atoms with Crippen molar-refractivity contribution in [2.45, 2.75) is 13.3 Å². The summed E-state index contributed by atoms with van der Waals surface area (Å²) in [5, 5.41) is 3.78. The first-order valence-electron chi connectivity index (χ1n) is 3.81. The molecule has 11 heavy (non-hydrogen) atoms. The Labute approximate surface area is 73.3 Å². The normalized spacial score (nSPS) is 9.64. The van der Waals surface area contributed by atoms with Gasteiger partial charge in [-0.05, 0) is 31.7 Å². The first-order chi connectivity index (χ1) is 5.27. The molecule has 0 rings (SSSR count). The quantitative estimate of drug-likeness (QED) is 0.451. The zero-order chi connectivity index (χ0) is 8.53. The number of hydrogen-bond donors (Lipinski definition) is 2. The fraction of sp³-hybridized carbons (Fsp3) is 0.857. The highest BCUT2D eigenvalue weighted by molar-refractivity contribution is 7.80. The maximum Gasteiger partial charge on any atom is 0.156 e. The molecule has 0 aromatic heterocycles. The lowest BCUT2D eigenvalue weighted by Gasteiger charge is -2.04. The zero-order valence-electron chi connectivity index (χ0n) is 6.93. The first-order valence-corrected chi connectivity index (χ1v) is 4.22. The minimum atomic E-state index is 0.602. The third-order valence-corrected chi connectivity index (χ3v) is 1.26. The maximum atomic E-state index is 5.30. The number of nitrogens with two attached hydrogens (primary N) is 1. The molecule has 0 heterocycles. The van der Waals surface area contributed by atoms with Crippen LogP contribution in [0, 0.1) is 0 Å². The van der Waals surface area contributed by atoms with Crippen LogP contribution in [-0.4, -0.2) is 31.3 Å². The molecule has 0 aromatic rings. The third kappa shape index (κ3) is 9.81. The van der Waals surface area contributed by atoms with Gasteiger partial charge in [0.1, 0.15) is 6.61 Å². The monoisotopic (exact) mass is 176 g/mol. The Balaban J connectivity index is 2.85. The largest absolute Gasteiger partial charge is 0.486 e. The van der Waals surface area contributed by atoms with Crippen LogP contribution in [0.25, 0.3) is 0 Å². The van der Waals surface area contributed by atoms with Crippen molar-refractivity contribution in [1.29, 1.82) is 0 Å². The fourth-order valence-electron chi connectivity index (χ4n) is 0.619. The zero-order valence-corrected chi connectivity index (χ0v) is 7.75. The summed E-state index contributed by atoms with van der Waals surface area (Å²) >= 11 is 4.73. The Morgan fingerprint density at radius 3 is 2.82 bits per heavy atom. The Morgan fingerprint density at radius 2 is 2.27 bits per heavy atom. The van der Waals surface area contributed by atoms with E-state index in [9.17, 15) is 0 Å². The van der Waals surface area contributed by atoms with Gasteiger partial charge in [0.25, 0.3) is 0 Å². The summed E-state index contributed by atoms with van der Waals surface area (Å²) in [5.41, 5.74) is 5.30. The van der Waals surface area contributed by atoms with E-state index >= 15 is 0 Å². The molecule has 3 N–H and O–H groups in total. The molecule has 0 aliphatic carbocycles. The molecule has 3 nitrogen and oxygen atoms in total. The van der Waals surface area contributed by atoms with Crippen LogP contribution in [0.3, 0.4) is 0 Å². The van der Waals surface area contributed by atoms with Gasteiger partial charge in [-0.2, -0.15) is 0 Å². The van der Waals surface area contributed by atoms with Crippen LogP contribution in [0.15, 0.2) is 0 Å². The van der Waals surface area contributed by atoms with Crippen molar-refractivity contribution in [3.8, 4) is 0 Å². The topological polar surface area (TPSA) is 47.3 Å². The molecule has 0 saturated carbocycles. The highest BCUT2D eigenvalue weighted by Gasteiger charge is 1.88. The second kappa shape index (κ2) is 7.91. The van der Waals surface area contributed by atoms with Crippen molar-refractivity contribution in [1.82, 2.24) is 5.32 Å². The van der Waals surface area contributed by atoms with Crippen LogP contribution in [0.4, 0.5) is 0 Å². The van der Waals surface area contributed by atoms with E-state index in [1.165, 1.54) is 0 Å². The van der Waals surface area contributed by atoms with Crippen molar-refractivity contribution < 1.29 is 4.74 Å². The molecule has 0 atom stereocenters. The number of hydrogen-bond acceptors (Lipinski definition) is 4. The summed E-state index contributed by atoms with van der Waals surface area (Å²) < 4.78 is 5.06. The average Bonchev–Trinajstić information content (AvgIpc) is 1.96. The van der Waals surface area contributed by atoms with Crippen LogP contribution in [-0.2, 0) is 4.74 Å². The molecule has 0 aliphatic rings. The lowest BCUT2D eigenvalue weighted by molar-refractivity contribution is 0.307. The van der Waals surface area contributed by atoms with Gasteiger partial charge in [-0.3, -0.25) is 0 Å². The summed E-state index contributed by atoms with van der Waals surface area (Å²) in [7, 11) is 0.